The molecule has 0 aliphatic rings. The smallest absolute Gasteiger partial charge is 0.274 e. The maximum atomic E-state index is 12.7. The number of benzene rings is 2. The van der Waals surface area contributed by atoms with E-state index in [1.165, 1.54) is 28.9 Å². The van der Waals surface area contributed by atoms with Crippen molar-refractivity contribution in [1.82, 2.24) is 9.38 Å². The van der Waals surface area contributed by atoms with E-state index in [9.17, 15) is 9.90 Å². The lowest BCUT2D eigenvalue weighted by Gasteiger charge is -2.03. The maximum Gasteiger partial charge on any atom is 0.274 e. The van der Waals surface area contributed by atoms with Crippen molar-refractivity contribution in [2.75, 3.05) is 7.11 Å². The maximum absolute atomic E-state index is 12.7. The molecule has 2 aromatic heterocycles. The zero-order chi connectivity index (χ0) is 18.3. The van der Waals surface area contributed by atoms with Crippen LogP contribution in [0.4, 0.5) is 0 Å². The number of hydrogen-bond donors (Lipinski definition) is 1. The Kier molecular flexibility index (Phi) is 4.14. The van der Waals surface area contributed by atoms with Crippen LogP contribution in [0, 0.1) is 0 Å². The van der Waals surface area contributed by atoms with Crippen molar-refractivity contribution in [3.05, 3.63) is 74.1 Å². The van der Waals surface area contributed by atoms with Crippen molar-refractivity contribution >= 4 is 34.0 Å². The number of methoxy groups -OCH3 is 1. The van der Waals surface area contributed by atoms with Gasteiger partial charge in [0.05, 0.1) is 17.3 Å². The minimum absolute atomic E-state index is 0.0561. The largest absolute Gasteiger partial charge is 0.504 e. The molecule has 130 valence electrons. The van der Waals surface area contributed by atoms with Crippen molar-refractivity contribution in [1.29, 1.82) is 0 Å². The van der Waals surface area contributed by atoms with E-state index in [0.717, 1.165) is 16.8 Å². The van der Waals surface area contributed by atoms with Crippen LogP contribution in [0.2, 0.25) is 5.02 Å². The highest BCUT2D eigenvalue weighted by Crippen LogP contribution is 2.26. The molecule has 0 aliphatic heterocycles. The molecule has 4 aromatic rings. The minimum atomic E-state index is -0.134. The number of aromatic hydroxyl groups is 1. The van der Waals surface area contributed by atoms with Crippen LogP contribution in [-0.4, -0.2) is 21.6 Å². The van der Waals surface area contributed by atoms with Crippen LogP contribution in [0.5, 0.6) is 11.5 Å². The average molecular weight is 385 g/mol. The van der Waals surface area contributed by atoms with Gasteiger partial charge in [-0.2, -0.15) is 0 Å². The summed E-state index contributed by atoms with van der Waals surface area (Å²) in [5, 5.41) is 10.3. The second kappa shape index (κ2) is 6.48. The number of imidazole rings is 1. The molecule has 0 saturated heterocycles. The number of hydrogen-bond acceptors (Lipinski definition) is 5. The van der Waals surface area contributed by atoms with Gasteiger partial charge < -0.3 is 9.84 Å². The Bertz CT molecular complexity index is 1210. The summed E-state index contributed by atoms with van der Waals surface area (Å²) in [5.41, 5.74) is 2.25. The molecular formula is C19H13ClN2O3S. The van der Waals surface area contributed by atoms with Gasteiger partial charge in [0.2, 0.25) is 0 Å². The predicted octanol–water partition coefficient (Wildman–Crippen LogP) is 3.34. The zero-order valence-corrected chi connectivity index (χ0v) is 15.2. The molecule has 0 amide bonds. The lowest BCUT2D eigenvalue weighted by molar-refractivity contribution is 0.373. The molecule has 26 heavy (non-hydrogen) atoms. The molecule has 0 radical (unpaired) electrons. The van der Waals surface area contributed by atoms with E-state index in [1.54, 1.807) is 36.5 Å². The summed E-state index contributed by atoms with van der Waals surface area (Å²) < 4.78 is 7.20. The normalized spacial score (nSPS) is 12.0. The monoisotopic (exact) mass is 384 g/mol. The first-order valence-electron chi connectivity index (χ1n) is 7.72. The highest BCUT2D eigenvalue weighted by Gasteiger charge is 2.10. The Morgan fingerprint density at radius 1 is 1.23 bits per heavy atom. The van der Waals surface area contributed by atoms with Gasteiger partial charge in [-0.3, -0.25) is 9.20 Å². The van der Waals surface area contributed by atoms with Crippen molar-refractivity contribution in [2.24, 2.45) is 0 Å². The van der Waals surface area contributed by atoms with Crippen LogP contribution in [0.3, 0.4) is 0 Å². The fourth-order valence-corrected chi connectivity index (χ4v) is 3.71. The van der Waals surface area contributed by atoms with Gasteiger partial charge in [0.25, 0.3) is 5.56 Å². The lowest BCUT2D eigenvalue weighted by Crippen LogP contribution is -2.22. The zero-order valence-electron chi connectivity index (χ0n) is 13.6. The number of halogens is 1. The molecule has 4 rings (SSSR count). The third-order valence-corrected chi connectivity index (χ3v) is 5.18. The second-order valence-electron chi connectivity index (χ2n) is 5.63. The number of phenolic OH excluding ortho intramolecular Hbond substituents is 1. The third kappa shape index (κ3) is 2.94. The molecule has 0 bridgehead atoms. The van der Waals surface area contributed by atoms with Crippen LogP contribution >= 0.6 is 22.9 Å². The fourth-order valence-electron chi connectivity index (χ4n) is 2.63. The summed E-state index contributed by atoms with van der Waals surface area (Å²) in [4.78, 5) is 17.8. The van der Waals surface area contributed by atoms with Crippen molar-refractivity contribution in [3.63, 3.8) is 0 Å². The summed E-state index contributed by atoms with van der Waals surface area (Å²) in [6.07, 6.45) is 3.48. The van der Waals surface area contributed by atoms with Gasteiger partial charge in [0, 0.05) is 16.8 Å². The van der Waals surface area contributed by atoms with Crippen molar-refractivity contribution in [2.45, 2.75) is 0 Å². The van der Waals surface area contributed by atoms with Crippen LogP contribution in [0.1, 0.15) is 5.56 Å². The molecule has 0 aliphatic carbocycles. The quantitative estimate of drug-likeness (QED) is 0.588. The number of thiazole rings is 1. The molecule has 2 aromatic carbocycles. The molecule has 0 fully saturated rings. The minimum Gasteiger partial charge on any atom is -0.504 e. The van der Waals surface area contributed by atoms with Gasteiger partial charge in [-0.1, -0.05) is 41.1 Å². The van der Waals surface area contributed by atoms with Crippen LogP contribution in [0.25, 0.3) is 22.3 Å². The number of aromatic nitrogens is 2. The first kappa shape index (κ1) is 16.6. The van der Waals surface area contributed by atoms with E-state index in [2.05, 4.69) is 4.98 Å². The van der Waals surface area contributed by atoms with Gasteiger partial charge in [0.1, 0.15) is 0 Å². The van der Waals surface area contributed by atoms with Crippen LogP contribution in [0.15, 0.2) is 53.5 Å². The summed E-state index contributed by atoms with van der Waals surface area (Å²) in [6.45, 7) is 0. The van der Waals surface area contributed by atoms with E-state index in [-0.39, 0.29) is 11.3 Å². The standard InChI is InChI=1S/C19H13ClN2O3S/c1-25-16-8-11(2-7-15(16)23)9-17-18(24)22-10-14(21-19(22)26-17)12-3-5-13(20)6-4-12/h2-10,23H,1H3. The molecule has 5 nitrogen and oxygen atoms in total. The number of nitrogens with zero attached hydrogens (tertiary/aromatic N) is 2. The molecule has 1 N–H and O–H groups in total. The molecular weight excluding hydrogens is 372 g/mol. The number of phenols is 1. The van der Waals surface area contributed by atoms with Crippen LogP contribution in [-0.2, 0) is 0 Å². The number of ether oxygens (including phenoxy) is 1. The first-order valence-corrected chi connectivity index (χ1v) is 8.91. The highest BCUT2D eigenvalue weighted by molar-refractivity contribution is 7.15. The number of rotatable bonds is 3. The van der Waals surface area contributed by atoms with Gasteiger partial charge in [-0.15, -0.1) is 0 Å². The van der Waals surface area contributed by atoms with Crippen molar-refractivity contribution in [3.8, 4) is 22.8 Å². The Morgan fingerprint density at radius 2 is 2.00 bits per heavy atom. The Balaban J connectivity index is 1.78. The second-order valence-corrected chi connectivity index (χ2v) is 7.08. The number of fused-ring (bicyclic) bond motifs is 1. The lowest BCUT2D eigenvalue weighted by atomic mass is 10.2. The summed E-state index contributed by atoms with van der Waals surface area (Å²) in [6, 6.07) is 12.3. The Hall–Kier alpha value is -2.83. The SMILES string of the molecule is COc1cc(C=c2sc3nc(-c4ccc(Cl)cc4)cn3c2=O)ccc1O. The fraction of sp³-hybridized carbons (Fsp3) is 0.0526. The summed E-state index contributed by atoms with van der Waals surface area (Å²) in [7, 11) is 1.48. The Morgan fingerprint density at radius 3 is 2.69 bits per heavy atom. The van der Waals surface area contributed by atoms with E-state index in [1.807, 2.05) is 12.1 Å². The predicted molar refractivity (Wildman–Crippen MR) is 103 cm³/mol. The molecule has 2 heterocycles. The Labute approximate surface area is 157 Å². The van der Waals surface area contributed by atoms with Gasteiger partial charge in [0.15, 0.2) is 16.5 Å². The van der Waals surface area contributed by atoms with Crippen LogP contribution < -0.4 is 14.8 Å². The van der Waals surface area contributed by atoms with E-state index < -0.39 is 0 Å². The van der Waals surface area contributed by atoms with E-state index >= 15 is 0 Å². The summed E-state index contributed by atoms with van der Waals surface area (Å²) >= 11 is 7.22. The van der Waals surface area contributed by atoms with E-state index in [0.29, 0.717) is 20.3 Å². The molecule has 0 atom stereocenters. The molecule has 0 spiro atoms. The molecule has 7 heteroatoms. The third-order valence-electron chi connectivity index (χ3n) is 3.95. The first-order chi connectivity index (χ1) is 12.5. The molecule has 0 saturated carbocycles. The topological polar surface area (TPSA) is 63.8 Å². The van der Waals surface area contributed by atoms with E-state index in [4.69, 9.17) is 16.3 Å². The van der Waals surface area contributed by atoms with Gasteiger partial charge >= 0.3 is 0 Å². The van der Waals surface area contributed by atoms with Gasteiger partial charge in [-0.25, -0.2) is 4.98 Å². The summed E-state index contributed by atoms with van der Waals surface area (Å²) in [5.74, 6) is 0.415. The molecule has 0 unspecified atom stereocenters. The average Bonchev–Trinajstić information content (AvgIpc) is 3.17. The van der Waals surface area contributed by atoms with Crippen molar-refractivity contribution < 1.29 is 9.84 Å². The van der Waals surface area contributed by atoms with Gasteiger partial charge in [-0.05, 0) is 35.9 Å². The highest BCUT2D eigenvalue weighted by atomic mass is 35.5.